The fraction of sp³-hybridized carbons (Fsp3) is 0. The molecule has 0 saturated carbocycles. The summed E-state index contributed by atoms with van der Waals surface area (Å²) in [6.07, 6.45) is 0. The average Bonchev–Trinajstić information content (AvgIpc) is 3.84. The summed E-state index contributed by atoms with van der Waals surface area (Å²) in [5.41, 5.74) is 8.74. The first kappa shape index (κ1) is 27.6. The van der Waals surface area contributed by atoms with Crippen molar-refractivity contribution in [2.75, 3.05) is 4.90 Å². The van der Waals surface area contributed by atoms with Crippen LogP contribution in [-0.2, 0) is 0 Å². The maximum atomic E-state index is 6.26. The van der Waals surface area contributed by atoms with Gasteiger partial charge in [0.15, 0.2) is 0 Å². The lowest BCUT2D eigenvalue weighted by Gasteiger charge is -2.27. The first-order valence-corrected chi connectivity index (χ1v) is 17.7. The number of rotatable bonds is 4. The SMILES string of the molecule is c1ccc(-n2c3ccccc3c3ccc(N(c4ccc5cc6oc7ccccc7c6cc5c4)c4cccc5c4sc4ccccc45)cc32)cc1. The number of hydrogen-bond acceptors (Lipinski definition) is 3. The van der Waals surface area contributed by atoms with Crippen molar-refractivity contribution in [2.45, 2.75) is 0 Å². The molecule has 0 radical (unpaired) electrons. The van der Waals surface area contributed by atoms with Gasteiger partial charge in [0.2, 0.25) is 0 Å². The lowest BCUT2D eigenvalue weighted by molar-refractivity contribution is 0.669. The van der Waals surface area contributed by atoms with Crippen LogP contribution >= 0.6 is 11.3 Å². The second-order valence-corrected chi connectivity index (χ2v) is 14.0. The van der Waals surface area contributed by atoms with Gasteiger partial charge in [-0.15, -0.1) is 11.3 Å². The van der Waals surface area contributed by atoms with Crippen molar-refractivity contribution in [3.63, 3.8) is 0 Å². The number of para-hydroxylation sites is 3. The summed E-state index contributed by atoms with van der Waals surface area (Å²) in [6.45, 7) is 0. The van der Waals surface area contributed by atoms with Gasteiger partial charge in [-0.2, -0.15) is 0 Å². The molecule has 11 aromatic rings. The highest BCUT2D eigenvalue weighted by molar-refractivity contribution is 7.26. The van der Waals surface area contributed by atoms with E-state index in [1.165, 1.54) is 53.1 Å². The molecule has 0 unspecified atom stereocenters. The zero-order valence-corrected chi connectivity index (χ0v) is 27.7. The Labute approximate surface area is 291 Å². The number of hydrogen-bond donors (Lipinski definition) is 0. The monoisotopic (exact) mass is 656 g/mol. The van der Waals surface area contributed by atoms with Gasteiger partial charge in [-0.25, -0.2) is 0 Å². The van der Waals surface area contributed by atoms with Gasteiger partial charge in [0.1, 0.15) is 11.2 Å². The quantitative estimate of drug-likeness (QED) is 0.188. The fourth-order valence-electron chi connectivity index (χ4n) is 7.88. The molecule has 3 heterocycles. The van der Waals surface area contributed by atoms with Crippen molar-refractivity contribution in [3.8, 4) is 5.69 Å². The summed E-state index contributed by atoms with van der Waals surface area (Å²) < 4.78 is 11.2. The van der Waals surface area contributed by atoms with E-state index in [4.69, 9.17) is 4.42 Å². The minimum Gasteiger partial charge on any atom is -0.456 e. The third-order valence-electron chi connectivity index (χ3n) is 10.1. The molecule has 0 amide bonds. The number of furan rings is 1. The molecule has 50 heavy (non-hydrogen) atoms. The summed E-state index contributed by atoms with van der Waals surface area (Å²) in [7, 11) is 0. The molecule has 8 aromatic carbocycles. The van der Waals surface area contributed by atoms with Crippen molar-refractivity contribution in [2.24, 2.45) is 0 Å². The van der Waals surface area contributed by atoms with Crippen LogP contribution in [0, 0.1) is 0 Å². The van der Waals surface area contributed by atoms with Crippen molar-refractivity contribution in [1.82, 2.24) is 4.57 Å². The Kier molecular flexibility index (Phi) is 5.83. The summed E-state index contributed by atoms with van der Waals surface area (Å²) >= 11 is 1.86. The topological polar surface area (TPSA) is 21.3 Å². The van der Waals surface area contributed by atoms with Crippen LogP contribution in [0.25, 0.3) is 80.4 Å². The van der Waals surface area contributed by atoms with Crippen molar-refractivity contribution >= 4 is 103 Å². The maximum absolute atomic E-state index is 6.26. The highest BCUT2D eigenvalue weighted by atomic mass is 32.1. The molecule has 234 valence electrons. The maximum Gasteiger partial charge on any atom is 0.136 e. The molecule has 0 aliphatic carbocycles. The molecule has 4 heteroatoms. The Balaban J connectivity index is 1.20. The number of aromatic nitrogens is 1. The molecule has 0 fully saturated rings. The third-order valence-corrected chi connectivity index (χ3v) is 11.3. The molecule has 0 aliphatic rings. The van der Waals surface area contributed by atoms with E-state index in [1.807, 2.05) is 23.5 Å². The Hall–Kier alpha value is -6.36. The van der Waals surface area contributed by atoms with Gasteiger partial charge in [-0.05, 0) is 83.6 Å². The van der Waals surface area contributed by atoms with Crippen LogP contribution in [0.5, 0.6) is 0 Å². The second-order valence-electron chi connectivity index (χ2n) is 13.0. The Morgan fingerprint density at radius 2 is 1.16 bits per heavy atom. The van der Waals surface area contributed by atoms with Crippen LogP contribution < -0.4 is 4.90 Å². The van der Waals surface area contributed by atoms with E-state index >= 15 is 0 Å². The van der Waals surface area contributed by atoms with Crippen molar-refractivity contribution in [1.29, 1.82) is 0 Å². The summed E-state index contributed by atoms with van der Waals surface area (Å²) in [4.78, 5) is 2.45. The first-order valence-electron chi connectivity index (χ1n) is 16.9. The number of anilines is 3. The van der Waals surface area contributed by atoms with Crippen LogP contribution in [0.15, 0.2) is 174 Å². The largest absolute Gasteiger partial charge is 0.456 e. The zero-order chi connectivity index (χ0) is 32.8. The third kappa shape index (κ3) is 4.03. The van der Waals surface area contributed by atoms with Gasteiger partial charge < -0.3 is 13.9 Å². The second kappa shape index (κ2) is 10.6. The van der Waals surface area contributed by atoms with E-state index in [-0.39, 0.29) is 0 Å². The Bertz CT molecular complexity index is 3110. The predicted octanol–water partition coefficient (Wildman–Crippen LogP) is 13.7. The molecule has 3 nitrogen and oxygen atoms in total. The average molecular weight is 657 g/mol. The predicted molar refractivity (Wildman–Crippen MR) is 213 cm³/mol. The van der Waals surface area contributed by atoms with Gasteiger partial charge in [0.25, 0.3) is 0 Å². The van der Waals surface area contributed by atoms with Crippen LogP contribution in [0.4, 0.5) is 17.1 Å². The molecule has 0 atom stereocenters. The van der Waals surface area contributed by atoms with Gasteiger partial charge >= 0.3 is 0 Å². The van der Waals surface area contributed by atoms with Crippen LogP contribution in [-0.4, -0.2) is 4.57 Å². The van der Waals surface area contributed by atoms with E-state index in [9.17, 15) is 0 Å². The van der Waals surface area contributed by atoms with Crippen LogP contribution in [0.1, 0.15) is 0 Å². The molecule has 0 saturated heterocycles. The highest BCUT2D eigenvalue weighted by Gasteiger charge is 2.21. The molecule has 3 aromatic heterocycles. The molecule has 0 bridgehead atoms. The minimum absolute atomic E-state index is 0.914. The van der Waals surface area contributed by atoms with E-state index in [2.05, 4.69) is 167 Å². The normalized spacial score (nSPS) is 12.0. The summed E-state index contributed by atoms with van der Waals surface area (Å²) in [5, 5.41) is 9.66. The lowest BCUT2D eigenvalue weighted by atomic mass is 10.0. The van der Waals surface area contributed by atoms with Gasteiger partial charge in [-0.1, -0.05) is 97.1 Å². The number of benzene rings is 8. The van der Waals surface area contributed by atoms with Gasteiger partial charge in [0.05, 0.1) is 21.4 Å². The number of thiophene rings is 1. The molecule has 0 spiro atoms. The molecular formula is C46H28N2OS. The summed E-state index contributed by atoms with van der Waals surface area (Å²) in [6, 6.07) is 61.4. The van der Waals surface area contributed by atoms with E-state index in [0.717, 1.165) is 44.4 Å². The molecule has 11 rings (SSSR count). The molecular weight excluding hydrogens is 629 g/mol. The zero-order valence-electron chi connectivity index (χ0n) is 26.9. The van der Waals surface area contributed by atoms with Crippen molar-refractivity contribution in [3.05, 3.63) is 170 Å². The van der Waals surface area contributed by atoms with E-state index < -0.39 is 0 Å². The molecule has 0 N–H and O–H groups in total. The standard InChI is InChI=1S/C46H28N2OS/c1-2-11-31(12-3-1)48-40-17-7-4-13-34(40)35-24-23-33(28-42(35)48)47(41-18-10-16-38-37-15-6-9-20-45(37)50-46(38)41)32-22-21-29-27-44-39(26-30(29)25-32)36-14-5-8-19-43(36)49-44/h1-28H. The number of nitrogens with zero attached hydrogens (tertiary/aromatic N) is 2. The summed E-state index contributed by atoms with van der Waals surface area (Å²) in [5.74, 6) is 0. The Morgan fingerprint density at radius 3 is 2.08 bits per heavy atom. The van der Waals surface area contributed by atoms with Crippen LogP contribution in [0.3, 0.4) is 0 Å². The smallest absolute Gasteiger partial charge is 0.136 e. The fourth-order valence-corrected chi connectivity index (χ4v) is 9.09. The van der Waals surface area contributed by atoms with Gasteiger partial charge in [-0.3, -0.25) is 0 Å². The van der Waals surface area contributed by atoms with E-state index in [0.29, 0.717) is 0 Å². The Morgan fingerprint density at radius 1 is 0.440 bits per heavy atom. The minimum atomic E-state index is 0.914. The van der Waals surface area contributed by atoms with Gasteiger partial charge in [0, 0.05) is 54.1 Å². The van der Waals surface area contributed by atoms with E-state index in [1.54, 1.807) is 0 Å². The van der Waals surface area contributed by atoms with Crippen molar-refractivity contribution < 1.29 is 4.42 Å². The van der Waals surface area contributed by atoms with Crippen LogP contribution in [0.2, 0.25) is 0 Å². The highest BCUT2D eigenvalue weighted by Crippen LogP contribution is 2.46. The lowest BCUT2D eigenvalue weighted by Crippen LogP contribution is -2.10. The molecule has 0 aliphatic heterocycles. The number of fused-ring (bicyclic) bond motifs is 10. The first-order chi connectivity index (χ1) is 24.8.